The Kier molecular flexibility index (Phi) is 5.72. The predicted octanol–water partition coefficient (Wildman–Crippen LogP) is 4.29. The fraction of sp³-hybridized carbons (Fsp3) is 0.130. The van der Waals surface area contributed by atoms with E-state index in [0.29, 0.717) is 11.1 Å². The molecule has 0 saturated carbocycles. The molecule has 0 spiro atoms. The van der Waals surface area contributed by atoms with E-state index in [-0.39, 0.29) is 18.0 Å². The zero-order chi connectivity index (χ0) is 18.4. The first-order chi connectivity index (χ1) is 12.7. The van der Waals surface area contributed by atoms with E-state index in [1.807, 2.05) is 42.5 Å². The number of hydrogen-bond acceptors (Lipinski definition) is 3. The minimum atomic E-state index is -1.28. The highest BCUT2D eigenvalue weighted by atomic mass is 16.3. The molecule has 0 aliphatic rings. The van der Waals surface area contributed by atoms with Gasteiger partial charge in [-0.05, 0) is 5.56 Å². The van der Waals surface area contributed by atoms with E-state index >= 15 is 0 Å². The van der Waals surface area contributed by atoms with Gasteiger partial charge in [0, 0.05) is 23.5 Å². The van der Waals surface area contributed by atoms with Gasteiger partial charge in [0.25, 0.3) is 0 Å². The molecule has 3 rings (SSSR count). The summed E-state index contributed by atoms with van der Waals surface area (Å²) >= 11 is 0. The third-order valence-corrected chi connectivity index (χ3v) is 4.44. The number of hydrogen-bond donors (Lipinski definition) is 1. The van der Waals surface area contributed by atoms with E-state index in [1.54, 1.807) is 48.5 Å². The summed E-state index contributed by atoms with van der Waals surface area (Å²) in [5.74, 6) is -1.07. The number of benzene rings is 3. The van der Waals surface area contributed by atoms with Crippen molar-refractivity contribution in [3.63, 3.8) is 0 Å². The van der Waals surface area contributed by atoms with Gasteiger partial charge in [-0.25, -0.2) is 0 Å². The van der Waals surface area contributed by atoms with Crippen LogP contribution in [0.2, 0.25) is 0 Å². The van der Waals surface area contributed by atoms with Crippen molar-refractivity contribution in [3.8, 4) is 0 Å². The standard InChI is InChI=1S/C23H20O3/c24-21(18-12-6-2-7-13-18)16-20(17-10-4-1-5-11-17)23(26)22(25)19-14-8-3-9-15-19/h1-15,20,23,26H,16H2/t20-,23-/m0/s1. The molecular formula is C23H20O3. The summed E-state index contributed by atoms with van der Waals surface area (Å²) in [5.41, 5.74) is 1.79. The third-order valence-electron chi connectivity index (χ3n) is 4.44. The summed E-state index contributed by atoms with van der Waals surface area (Å²) in [6.45, 7) is 0. The molecule has 0 heterocycles. The molecule has 2 atom stereocenters. The van der Waals surface area contributed by atoms with Crippen LogP contribution in [0.5, 0.6) is 0 Å². The SMILES string of the molecule is O=C(C[C@@H](c1ccccc1)[C@H](O)C(=O)c1ccccc1)c1ccccc1. The smallest absolute Gasteiger partial charge is 0.191 e. The van der Waals surface area contributed by atoms with Crippen molar-refractivity contribution in [2.24, 2.45) is 0 Å². The van der Waals surface area contributed by atoms with E-state index < -0.39 is 12.0 Å². The maximum atomic E-state index is 12.7. The lowest BCUT2D eigenvalue weighted by Crippen LogP contribution is -2.30. The molecule has 0 aliphatic heterocycles. The molecule has 0 amide bonds. The number of carbonyl (C=O) groups excluding carboxylic acids is 2. The number of carbonyl (C=O) groups is 2. The minimum Gasteiger partial charge on any atom is -0.384 e. The Morgan fingerprint density at radius 1 is 0.692 bits per heavy atom. The topological polar surface area (TPSA) is 54.4 Å². The summed E-state index contributed by atoms with van der Waals surface area (Å²) in [7, 11) is 0. The predicted molar refractivity (Wildman–Crippen MR) is 101 cm³/mol. The van der Waals surface area contributed by atoms with Crippen molar-refractivity contribution < 1.29 is 14.7 Å². The van der Waals surface area contributed by atoms with Crippen LogP contribution in [0.15, 0.2) is 91.0 Å². The van der Waals surface area contributed by atoms with Gasteiger partial charge in [0.1, 0.15) is 6.10 Å². The van der Waals surface area contributed by atoms with E-state index in [1.165, 1.54) is 0 Å². The lowest BCUT2D eigenvalue weighted by molar-refractivity contribution is 0.0666. The molecule has 3 heteroatoms. The van der Waals surface area contributed by atoms with Crippen LogP contribution in [0.1, 0.15) is 38.6 Å². The van der Waals surface area contributed by atoms with Crippen LogP contribution >= 0.6 is 0 Å². The van der Waals surface area contributed by atoms with Crippen molar-refractivity contribution in [2.75, 3.05) is 0 Å². The van der Waals surface area contributed by atoms with Gasteiger partial charge in [-0.3, -0.25) is 9.59 Å². The Balaban J connectivity index is 1.89. The zero-order valence-electron chi connectivity index (χ0n) is 14.3. The van der Waals surface area contributed by atoms with Gasteiger partial charge in [0.15, 0.2) is 11.6 Å². The molecule has 0 fully saturated rings. The molecule has 0 aromatic heterocycles. The summed E-state index contributed by atoms with van der Waals surface area (Å²) in [5, 5.41) is 10.8. The van der Waals surface area contributed by atoms with Gasteiger partial charge in [0.05, 0.1) is 0 Å². The molecule has 26 heavy (non-hydrogen) atoms. The van der Waals surface area contributed by atoms with Gasteiger partial charge < -0.3 is 5.11 Å². The van der Waals surface area contributed by atoms with Crippen molar-refractivity contribution in [2.45, 2.75) is 18.4 Å². The molecule has 0 radical (unpaired) electrons. The van der Waals surface area contributed by atoms with E-state index in [9.17, 15) is 14.7 Å². The number of aliphatic hydroxyl groups excluding tert-OH is 1. The lowest BCUT2D eigenvalue weighted by Gasteiger charge is -2.22. The highest BCUT2D eigenvalue weighted by molar-refractivity contribution is 6.01. The molecule has 0 unspecified atom stereocenters. The highest BCUT2D eigenvalue weighted by Crippen LogP contribution is 2.27. The largest absolute Gasteiger partial charge is 0.384 e. The average molecular weight is 344 g/mol. The van der Waals surface area contributed by atoms with Crippen molar-refractivity contribution in [3.05, 3.63) is 108 Å². The van der Waals surface area contributed by atoms with Crippen LogP contribution in [0.4, 0.5) is 0 Å². The van der Waals surface area contributed by atoms with Crippen LogP contribution in [0, 0.1) is 0 Å². The third kappa shape index (κ3) is 4.13. The maximum Gasteiger partial charge on any atom is 0.191 e. The first kappa shape index (κ1) is 17.8. The van der Waals surface area contributed by atoms with Crippen molar-refractivity contribution in [1.82, 2.24) is 0 Å². The number of Topliss-reactive ketones (excluding diaryl/α,β-unsaturated/α-hetero) is 2. The van der Waals surface area contributed by atoms with Gasteiger partial charge in [-0.2, -0.15) is 0 Å². The molecule has 1 N–H and O–H groups in total. The van der Waals surface area contributed by atoms with Crippen LogP contribution in [0.25, 0.3) is 0 Å². The molecule has 3 nitrogen and oxygen atoms in total. The van der Waals surface area contributed by atoms with Crippen LogP contribution < -0.4 is 0 Å². The van der Waals surface area contributed by atoms with Crippen molar-refractivity contribution >= 4 is 11.6 Å². The Hall–Kier alpha value is -3.04. The minimum absolute atomic E-state index is 0.0633. The molecule has 3 aromatic carbocycles. The highest BCUT2D eigenvalue weighted by Gasteiger charge is 2.30. The van der Waals surface area contributed by atoms with Gasteiger partial charge in [0.2, 0.25) is 0 Å². The van der Waals surface area contributed by atoms with Crippen molar-refractivity contribution in [1.29, 1.82) is 0 Å². The number of aliphatic hydroxyl groups is 1. The van der Waals surface area contributed by atoms with Crippen LogP contribution in [-0.4, -0.2) is 22.8 Å². The summed E-state index contributed by atoms with van der Waals surface area (Å²) in [4.78, 5) is 25.4. The Morgan fingerprint density at radius 3 is 1.69 bits per heavy atom. The molecule has 3 aromatic rings. The van der Waals surface area contributed by atoms with E-state index in [4.69, 9.17) is 0 Å². The normalized spacial score (nSPS) is 13.0. The summed E-state index contributed by atoms with van der Waals surface area (Å²) in [6, 6.07) is 26.8. The van der Waals surface area contributed by atoms with Gasteiger partial charge in [-0.15, -0.1) is 0 Å². The second kappa shape index (κ2) is 8.37. The fourth-order valence-electron chi connectivity index (χ4n) is 3.01. The van der Waals surface area contributed by atoms with E-state index in [0.717, 1.165) is 5.56 Å². The average Bonchev–Trinajstić information content (AvgIpc) is 2.72. The lowest BCUT2D eigenvalue weighted by atomic mass is 9.84. The second-order valence-electron chi connectivity index (χ2n) is 6.19. The fourth-order valence-corrected chi connectivity index (χ4v) is 3.01. The van der Waals surface area contributed by atoms with E-state index in [2.05, 4.69) is 0 Å². The molecular weight excluding hydrogens is 324 g/mol. The number of rotatable bonds is 7. The number of ketones is 2. The maximum absolute atomic E-state index is 12.7. The second-order valence-corrected chi connectivity index (χ2v) is 6.19. The zero-order valence-corrected chi connectivity index (χ0v) is 14.3. The van der Waals surface area contributed by atoms with Crippen LogP contribution in [-0.2, 0) is 0 Å². The first-order valence-electron chi connectivity index (χ1n) is 8.57. The summed E-state index contributed by atoms with van der Waals surface area (Å²) in [6.07, 6.45) is -1.22. The Bertz CT molecular complexity index is 858. The Labute approximate surface area is 152 Å². The summed E-state index contributed by atoms with van der Waals surface area (Å²) < 4.78 is 0. The molecule has 0 bridgehead atoms. The molecule has 0 aliphatic carbocycles. The van der Waals surface area contributed by atoms with Crippen LogP contribution in [0.3, 0.4) is 0 Å². The monoisotopic (exact) mass is 344 g/mol. The Morgan fingerprint density at radius 2 is 1.15 bits per heavy atom. The van der Waals surface area contributed by atoms with Gasteiger partial charge in [-0.1, -0.05) is 91.0 Å². The molecule has 130 valence electrons. The first-order valence-corrected chi connectivity index (χ1v) is 8.57. The molecule has 0 saturated heterocycles. The quantitative estimate of drug-likeness (QED) is 0.651. The van der Waals surface area contributed by atoms with Gasteiger partial charge >= 0.3 is 0 Å².